The third kappa shape index (κ3) is 3.02. The molecule has 0 aliphatic heterocycles. The fraction of sp³-hybridized carbons (Fsp3) is 0. The van der Waals surface area contributed by atoms with Crippen molar-refractivity contribution in [3.05, 3.63) is 72.5 Å². The Morgan fingerprint density at radius 1 is 0.920 bits per heavy atom. The summed E-state index contributed by atoms with van der Waals surface area (Å²) in [5.41, 5.74) is 1.18. The Hall–Kier alpha value is -3.05. The first kappa shape index (κ1) is 11.5. The first-order valence-corrected chi connectivity index (χ1v) is 8.08. The smallest absolute Gasteiger partial charge is 0.189 e. The van der Waals surface area contributed by atoms with E-state index in [4.69, 9.17) is 10.2 Å². The molecule has 0 saturated carbocycles. The summed E-state index contributed by atoms with van der Waals surface area (Å²) in [4.78, 5) is 0. The number of hydrogen-bond acceptors (Lipinski definition) is 4. The average molecular weight is 356 g/mol. The van der Waals surface area contributed by atoms with Crippen molar-refractivity contribution < 1.29 is 24.8 Å². The van der Waals surface area contributed by atoms with Gasteiger partial charge in [0.1, 0.15) is 23.1 Å². The second kappa shape index (κ2) is 6.11. The first-order chi connectivity index (χ1) is 13.8. The molecule has 124 valence electrons. The Bertz CT molecular complexity index is 1230. The molecule has 0 aliphatic rings. The molecule has 0 aliphatic carbocycles. The lowest BCUT2D eigenvalue weighted by Crippen LogP contribution is -1.85. The number of phenols is 2. The van der Waals surface area contributed by atoms with Crippen LogP contribution in [0, 0.1) is 5.82 Å². The molecule has 0 fully saturated rings. The highest BCUT2D eigenvalue weighted by molar-refractivity contribution is 7.21. The van der Waals surface area contributed by atoms with Crippen molar-refractivity contribution in [2.45, 2.75) is 0 Å². The second-order valence-electron chi connectivity index (χ2n) is 5.23. The molecule has 0 amide bonds. The van der Waals surface area contributed by atoms with Gasteiger partial charge in [0.25, 0.3) is 0 Å². The molecule has 0 spiro atoms. The molecular formula is C20H13FO3S. The maximum Gasteiger partial charge on any atom is 0.189 e. The minimum absolute atomic E-state index is 0.0461. The van der Waals surface area contributed by atoms with E-state index in [9.17, 15) is 14.6 Å². The summed E-state index contributed by atoms with van der Waals surface area (Å²) in [6, 6.07) is 8.16. The molecule has 4 aromatic rings. The number of benzene rings is 3. The van der Waals surface area contributed by atoms with Crippen LogP contribution in [0.15, 0.2) is 66.6 Å². The minimum Gasteiger partial charge on any atom is -0.508 e. The zero-order valence-electron chi connectivity index (χ0n) is 16.6. The maximum atomic E-state index is 13.4. The van der Waals surface area contributed by atoms with E-state index in [0.717, 1.165) is 11.3 Å². The number of rotatable bonds is 3. The molecule has 25 heavy (non-hydrogen) atoms. The van der Waals surface area contributed by atoms with Crippen molar-refractivity contribution in [2.24, 2.45) is 0 Å². The quantitative estimate of drug-likeness (QED) is 0.480. The zero-order valence-corrected chi connectivity index (χ0v) is 13.4. The van der Waals surface area contributed by atoms with E-state index < -0.39 is 35.7 Å². The van der Waals surface area contributed by atoms with Crippen LogP contribution in [-0.4, -0.2) is 10.2 Å². The van der Waals surface area contributed by atoms with Gasteiger partial charge >= 0.3 is 0 Å². The summed E-state index contributed by atoms with van der Waals surface area (Å²) in [6.45, 7) is 0. The lowest BCUT2D eigenvalue weighted by atomic mass is 10.0. The molecule has 1 heterocycles. The van der Waals surface area contributed by atoms with Gasteiger partial charge in [-0.1, -0.05) is 23.5 Å². The van der Waals surface area contributed by atoms with Crippen LogP contribution in [0.25, 0.3) is 21.2 Å². The number of phenolic OH excluding ortho intramolecular Hbond substituents is 2. The number of hydrogen-bond donors (Lipinski definition) is 2. The van der Waals surface area contributed by atoms with Gasteiger partial charge in [0.05, 0.1) is 5.48 Å². The molecule has 4 rings (SSSR count). The number of aromatic hydroxyl groups is 2. The van der Waals surface area contributed by atoms with Crippen LogP contribution in [0.4, 0.5) is 4.39 Å². The van der Waals surface area contributed by atoms with Gasteiger partial charge in [-0.05, 0) is 60.1 Å². The monoisotopic (exact) mass is 356 g/mol. The molecular weight excluding hydrogens is 339 g/mol. The third-order valence-electron chi connectivity index (χ3n) is 3.56. The molecule has 0 bridgehead atoms. The highest BCUT2D eigenvalue weighted by Gasteiger charge is 2.17. The van der Waals surface area contributed by atoms with Gasteiger partial charge in [-0.15, -0.1) is 0 Å². The van der Waals surface area contributed by atoms with E-state index >= 15 is 0 Å². The summed E-state index contributed by atoms with van der Waals surface area (Å²) in [5.74, 6) is -1.46. The van der Waals surface area contributed by atoms with Gasteiger partial charge in [-0.3, -0.25) is 0 Å². The summed E-state index contributed by atoms with van der Waals surface area (Å²) >= 11 is 1.14. The van der Waals surface area contributed by atoms with Crippen LogP contribution in [0.5, 0.6) is 22.3 Å². The summed E-state index contributed by atoms with van der Waals surface area (Å²) in [6.07, 6.45) is 0. The van der Waals surface area contributed by atoms with E-state index in [1.165, 1.54) is 24.3 Å². The molecule has 3 nitrogen and oxygen atoms in total. The van der Waals surface area contributed by atoms with Crippen molar-refractivity contribution in [3.8, 4) is 33.4 Å². The van der Waals surface area contributed by atoms with Crippen LogP contribution in [-0.2, 0) is 0 Å². The number of fused-ring (bicyclic) bond motifs is 1. The van der Waals surface area contributed by atoms with Crippen LogP contribution in [0.3, 0.4) is 0 Å². The summed E-state index contributed by atoms with van der Waals surface area (Å²) in [7, 11) is 0. The Morgan fingerprint density at radius 3 is 2.36 bits per heavy atom. The Morgan fingerprint density at radius 2 is 1.64 bits per heavy atom. The molecule has 0 saturated heterocycles. The molecule has 0 unspecified atom stereocenters. The standard InChI is InChI=1S/C20H13FO3S/c21-13-3-1-12(2-4-13)19-17-10-7-15(23)11-18(17)25-20(19)24-16-8-5-14(22)6-9-16/h1-11,22-23H/i5D,6D,8D,9D. The Kier molecular flexibility index (Phi) is 2.81. The SMILES string of the molecule is [2H]c1c([2H])c(Oc2sc3cc(O)ccc3c2-c2ccc(F)cc2)c([2H])c([2H])c1O. The van der Waals surface area contributed by atoms with Gasteiger partial charge < -0.3 is 14.9 Å². The minimum atomic E-state index is -0.757. The van der Waals surface area contributed by atoms with Crippen molar-refractivity contribution in [3.63, 3.8) is 0 Å². The lowest BCUT2D eigenvalue weighted by Gasteiger charge is -2.07. The topological polar surface area (TPSA) is 49.7 Å². The van der Waals surface area contributed by atoms with Crippen LogP contribution >= 0.6 is 11.3 Å². The Labute approximate surface area is 152 Å². The van der Waals surface area contributed by atoms with Gasteiger partial charge in [0, 0.05) is 15.6 Å². The van der Waals surface area contributed by atoms with E-state index in [1.54, 1.807) is 18.2 Å². The van der Waals surface area contributed by atoms with Crippen molar-refractivity contribution >= 4 is 21.4 Å². The van der Waals surface area contributed by atoms with E-state index in [-0.39, 0.29) is 16.6 Å². The van der Waals surface area contributed by atoms with E-state index in [2.05, 4.69) is 0 Å². The van der Waals surface area contributed by atoms with Gasteiger partial charge in [0.2, 0.25) is 0 Å². The van der Waals surface area contributed by atoms with Crippen molar-refractivity contribution in [1.29, 1.82) is 0 Å². The van der Waals surface area contributed by atoms with Crippen molar-refractivity contribution in [1.82, 2.24) is 0 Å². The van der Waals surface area contributed by atoms with Gasteiger partial charge in [0.15, 0.2) is 5.06 Å². The first-order valence-electron chi connectivity index (χ1n) is 9.26. The van der Waals surface area contributed by atoms with Crippen molar-refractivity contribution in [2.75, 3.05) is 0 Å². The zero-order chi connectivity index (χ0) is 20.9. The lowest BCUT2D eigenvalue weighted by molar-refractivity contribution is 0.468. The molecule has 1 aromatic heterocycles. The van der Waals surface area contributed by atoms with Gasteiger partial charge in [-0.25, -0.2) is 4.39 Å². The molecule has 0 atom stereocenters. The highest BCUT2D eigenvalue weighted by Crippen LogP contribution is 2.47. The predicted octanol–water partition coefficient (Wildman–Crippen LogP) is 5.91. The number of thiophene rings is 1. The van der Waals surface area contributed by atoms with Crippen LogP contribution in [0.2, 0.25) is 0 Å². The molecule has 3 aromatic carbocycles. The fourth-order valence-electron chi connectivity index (χ4n) is 2.46. The second-order valence-corrected chi connectivity index (χ2v) is 6.25. The Balaban J connectivity index is 1.95. The summed E-state index contributed by atoms with van der Waals surface area (Å²) < 4.78 is 51.5. The largest absolute Gasteiger partial charge is 0.508 e. The fourth-order valence-corrected chi connectivity index (χ4v) is 3.58. The number of ether oxygens (including phenoxy) is 1. The van der Waals surface area contributed by atoms with E-state index in [0.29, 0.717) is 21.2 Å². The van der Waals surface area contributed by atoms with Crippen LogP contribution < -0.4 is 4.74 Å². The third-order valence-corrected chi connectivity index (χ3v) is 4.59. The number of halogens is 1. The normalized spacial score (nSPS) is 13.2. The molecule has 2 N–H and O–H groups in total. The predicted molar refractivity (Wildman–Crippen MR) is 97.1 cm³/mol. The highest BCUT2D eigenvalue weighted by atomic mass is 32.1. The maximum absolute atomic E-state index is 13.4. The summed E-state index contributed by atoms with van der Waals surface area (Å²) in [5, 5.41) is 20.5. The van der Waals surface area contributed by atoms with Crippen LogP contribution in [0.1, 0.15) is 5.48 Å². The molecule has 5 heteroatoms. The average Bonchev–Trinajstić information content (AvgIpc) is 3.06. The molecule has 0 radical (unpaired) electrons. The van der Waals surface area contributed by atoms with E-state index in [1.807, 2.05) is 0 Å². The van der Waals surface area contributed by atoms with Gasteiger partial charge in [-0.2, -0.15) is 0 Å².